The van der Waals surface area contributed by atoms with Gasteiger partial charge >= 0.3 is 0 Å². The lowest BCUT2D eigenvalue weighted by Crippen LogP contribution is -2.36. The minimum Gasteiger partial charge on any atom is -0.363 e. The smallest absolute Gasteiger partial charge is 0.116 e. The number of unbranched alkanes of at least 4 members (excludes halogenated alkanes) is 2. The number of hydrogen-bond acceptors (Lipinski definition) is 10. The number of aromatic amines is 1. The molecule has 1 N–H and O–H groups in total. The molecule has 6 nitrogen and oxygen atoms in total. The van der Waals surface area contributed by atoms with E-state index in [1.165, 1.54) is 185 Å². The lowest BCUT2D eigenvalue weighted by molar-refractivity contribution is 0.213. The van der Waals surface area contributed by atoms with Gasteiger partial charge in [0.05, 0.1) is 27.2 Å². The maximum atomic E-state index is 5.36. The highest BCUT2D eigenvalue weighted by Gasteiger charge is 2.31. The molecule has 4 atom stereocenters. The summed E-state index contributed by atoms with van der Waals surface area (Å²) in [7, 11) is 0. The summed E-state index contributed by atoms with van der Waals surface area (Å²) >= 11 is 9.13. The Morgan fingerprint density at radius 1 is 0.569 bits per heavy atom. The summed E-state index contributed by atoms with van der Waals surface area (Å²) in [5.74, 6) is 6.39. The van der Waals surface area contributed by atoms with Gasteiger partial charge in [-0.1, -0.05) is 113 Å². The number of fused-ring (bicyclic) bond motifs is 4. The number of aromatic nitrogens is 4. The van der Waals surface area contributed by atoms with Gasteiger partial charge in [0.25, 0.3) is 0 Å². The highest BCUT2D eigenvalue weighted by atomic mass is 32.1. The molecular formula is C54H76N6S5. The Morgan fingerprint density at radius 3 is 1.49 bits per heavy atom. The summed E-state index contributed by atoms with van der Waals surface area (Å²) in [6.07, 6.45) is 23.8. The number of thiophene rings is 4. The molecule has 6 aromatic heterocycles. The van der Waals surface area contributed by atoms with Crippen LogP contribution in [0.1, 0.15) is 163 Å². The van der Waals surface area contributed by atoms with Crippen molar-refractivity contribution in [3.05, 3.63) is 30.1 Å². The second-order valence-corrected chi connectivity index (χ2v) is 24.8. The first-order valence-corrected chi connectivity index (χ1v) is 30.1. The highest BCUT2D eigenvalue weighted by Crippen LogP contribution is 2.51. The van der Waals surface area contributed by atoms with E-state index >= 15 is 0 Å². The molecule has 0 radical (unpaired) electrons. The van der Waals surface area contributed by atoms with Gasteiger partial charge < -0.3 is 14.8 Å². The van der Waals surface area contributed by atoms with Crippen LogP contribution in [-0.4, -0.2) is 44.9 Å². The molecule has 9 rings (SSSR count). The maximum Gasteiger partial charge on any atom is 0.116 e. The van der Waals surface area contributed by atoms with E-state index in [0.29, 0.717) is 0 Å². The molecule has 11 heteroatoms. The van der Waals surface area contributed by atoms with Gasteiger partial charge in [-0.3, -0.25) is 0 Å². The Balaban J connectivity index is 0.931. The lowest BCUT2D eigenvalue weighted by Gasteiger charge is -2.37. The first-order chi connectivity index (χ1) is 31.9. The summed E-state index contributed by atoms with van der Waals surface area (Å²) in [6.45, 7) is 21.4. The number of rotatable bonds is 22. The molecule has 65 heavy (non-hydrogen) atoms. The van der Waals surface area contributed by atoms with E-state index in [-0.39, 0.29) is 0 Å². The molecule has 4 unspecified atom stereocenters. The molecule has 2 fully saturated rings. The quantitative estimate of drug-likeness (QED) is 0.0733. The third-order valence-corrected chi connectivity index (χ3v) is 21.3. The number of anilines is 2. The van der Waals surface area contributed by atoms with Gasteiger partial charge in [0.1, 0.15) is 22.4 Å². The van der Waals surface area contributed by atoms with Gasteiger partial charge in [0, 0.05) is 72.3 Å². The number of imidazole rings is 1. The Kier molecular flexibility index (Phi) is 15.9. The average Bonchev–Trinajstić information content (AvgIpc) is 4.20. The fourth-order valence-corrected chi connectivity index (χ4v) is 17.5. The van der Waals surface area contributed by atoms with Crippen LogP contribution in [0, 0.1) is 35.5 Å². The second kappa shape index (κ2) is 21.8. The van der Waals surface area contributed by atoms with Crippen LogP contribution in [0.5, 0.6) is 0 Å². The zero-order chi connectivity index (χ0) is 45.0. The van der Waals surface area contributed by atoms with Crippen LogP contribution in [0.3, 0.4) is 0 Å². The molecule has 7 aromatic rings. The molecule has 0 amide bonds. The lowest BCUT2D eigenvalue weighted by atomic mass is 9.76. The van der Waals surface area contributed by atoms with Crippen LogP contribution >= 0.6 is 57.1 Å². The molecule has 1 aromatic carbocycles. The van der Waals surface area contributed by atoms with Gasteiger partial charge in [-0.2, -0.15) is 8.75 Å². The van der Waals surface area contributed by atoms with E-state index in [9.17, 15) is 0 Å². The van der Waals surface area contributed by atoms with E-state index in [1.54, 1.807) is 0 Å². The van der Waals surface area contributed by atoms with Gasteiger partial charge in [-0.05, 0) is 105 Å². The molecule has 2 aliphatic rings. The van der Waals surface area contributed by atoms with Crippen LogP contribution in [0.25, 0.3) is 61.7 Å². The molecule has 0 aliphatic carbocycles. The fraction of sp³-hybridized carbons (Fsp3) is 0.648. The normalized spacial score (nSPS) is 17.7. The minimum absolute atomic E-state index is 0.874. The number of nitrogens with one attached hydrogen (secondary N) is 1. The Labute approximate surface area is 410 Å². The van der Waals surface area contributed by atoms with Crippen LogP contribution in [0.15, 0.2) is 24.3 Å². The number of aryl methyl sites for hydroxylation is 1. The van der Waals surface area contributed by atoms with Gasteiger partial charge in [-0.15, -0.1) is 45.3 Å². The summed E-state index contributed by atoms with van der Waals surface area (Å²) in [5.41, 5.74) is 6.49. The molecule has 2 aliphatic heterocycles. The minimum atomic E-state index is 0.874. The van der Waals surface area contributed by atoms with Crippen molar-refractivity contribution < 1.29 is 0 Å². The standard InChI is InChI=1S/C54H76N6S5/c1-8-15-18-34(11-4)28-36(13-6)38-20-24-59(25-21-38)47-32-42-40(63-47)30-44(61-42)49-51-52(56-46(55-51)17-10-3)50(54-53(49)57-65-58-54)45-31-41-43(62-45)33-48(64-41)60-26-22-39(23-27-60)37(14-7)29-35(12-5)19-16-9-2/h30-39H,8-29H2,1-7H3,(H,55,56). The number of hydrogen-bond donors (Lipinski definition) is 1. The van der Waals surface area contributed by atoms with E-state index in [1.807, 2.05) is 45.3 Å². The number of nitrogens with zero attached hydrogens (tertiary/aromatic N) is 5. The number of benzene rings is 1. The van der Waals surface area contributed by atoms with Crippen molar-refractivity contribution in [2.24, 2.45) is 35.5 Å². The molecule has 2 saturated heterocycles. The number of H-pyrrole nitrogens is 1. The second-order valence-electron chi connectivity index (χ2n) is 20.0. The Hall–Kier alpha value is -2.57. The van der Waals surface area contributed by atoms with Gasteiger partial charge in [0.2, 0.25) is 0 Å². The molecule has 0 spiro atoms. The van der Waals surface area contributed by atoms with Crippen LogP contribution in [0.4, 0.5) is 10.0 Å². The van der Waals surface area contributed by atoms with Crippen molar-refractivity contribution in [2.45, 2.75) is 164 Å². The maximum absolute atomic E-state index is 5.36. The largest absolute Gasteiger partial charge is 0.363 e. The molecule has 352 valence electrons. The van der Waals surface area contributed by atoms with Crippen molar-refractivity contribution in [1.82, 2.24) is 18.7 Å². The van der Waals surface area contributed by atoms with Crippen molar-refractivity contribution >= 4 is 108 Å². The summed E-state index contributed by atoms with van der Waals surface area (Å²) in [5, 5.41) is 2.89. The monoisotopic (exact) mass is 968 g/mol. The molecule has 0 saturated carbocycles. The van der Waals surface area contributed by atoms with Crippen molar-refractivity contribution in [1.29, 1.82) is 0 Å². The van der Waals surface area contributed by atoms with E-state index in [2.05, 4.69) is 87.5 Å². The van der Waals surface area contributed by atoms with Crippen molar-refractivity contribution in [2.75, 3.05) is 36.0 Å². The van der Waals surface area contributed by atoms with E-state index in [0.717, 1.165) is 81.8 Å². The Bertz CT molecular complexity index is 2350. The topological polar surface area (TPSA) is 60.9 Å². The van der Waals surface area contributed by atoms with Crippen LogP contribution in [0.2, 0.25) is 0 Å². The molecule has 8 heterocycles. The van der Waals surface area contributed by atoms with Crippen LogP contribution in [-0.2, 0) is 6.42 Å². The van der Waals surface area contributed by atoms with E-state index < -0.39 is 0 Å². The fourth-order valence-electron chi connectivity index (χ4n) is 12.0. The summed E-state index contributed by atoms with van der Waals surface area (Å²) in [4.78, 5) is 17.1. The number of piperidine rings is 2. The van der Waals surface area contributed by atoms with Gasteiger partial charge in [-0.25, -0.2) is 4.98 Å². The zero-order valence-corrected chi connectivity index (χ0v) is 44.7. The highest BCUT2D eigenvalue weighted by molar-refractivity contribution is 7.32. The predicted molar refractivity (Wildman–Crippen MR) is 292 cm³/mol. The SMILES string of the molecule is CCCCC(CC)CC(CC)C1CCN(c2cc3sc(-c4c5nsnc5c(-c5cc6sc(N7CCC(C(CC)CC(CC)CCCC)CC7)cc6s5)c5[nH]c(CCC)nc45)cc3s2)CC1. The zero-order valence-electron chi connectivity index (χ0n) is 40.6. The summed E-state index contributed by atoms with van der Waals surface area (Å²) < 4.78 is 15.6. The van der Waals surface area contributed by atoms with Gasteiger partial charge in [0.15, 0.2) is 0 Å². The predicted octanol–water partition coefficient (Wildman–Crippen LogP) is 18.1. The average molecular weight is 970 g/mol. The van der Waals surface area contributed by atoms with Crippen molar-refractivity contribution in [3.8, 4) is 20.9 Å². The first kappa shape index (κ1) is 47.5. The molecule has 0 bridgehead atoms. The summed E-state index contributed by atoms with van der Waals surface area (Å²) in [6, 6.07) is 9.83. The van der Waals surface area contributed by atoms with Crippen molar-refractivity contribution in [3.63, 3.8) is 0 Å². The third kappa shape index (κ3) is 10.1. The Morgan fingerprint density at radius 2 is 1.05 bits per heavy atom. The van der Waals surface area contributed by atoms with E-state index in [4.69, 9.17) is 13.7 Å². The van der Waals surface area contributed by atoms with Crippen LogP contribution < -0.4 is 9.80 Å². The third-order valence-electron chi connectivity index (χ3n) is 16.0. The first-order valence-electron chi connectivity index (χ1n) is 26.1. The molecular weight excluding hydrogens is 893 g/mol.